The van der Waals surface area contributed by atoms with Gasteiger partial charge in [0.2, 0.25) is 11.7 Å². The second-order valence-electron chi connectivity index (χ2n) is 6.12. The van der Waals surface area contributed by atoms with Crippen LogP contribution in [0.15, 0.2) is 83.4 Å². The third-order valence-corrected chi connectivity index (χ3v) is 4.57. The molecule has 0 fully saturated rings. The SMILES string of the molecule is O=C(NCc1nc(-c2ccccc2Cl)no1)c1ccc(-c2ccccc2)cc1. The first kappa shape index (κ1) is 17.9. The molecule has 4 rings (SSSR count). The van der Waals surface area contributed by atoms with Crippen molar-refractivity contribution in [3.8, 4) is 22.5 Å². The topological polar surface area (TPSA) is 68.0 Å². The van der Waals surface area contributed by atoms with E-state index in [2.05, 4.69) is 15.5 Å². The summed E-state index contributed by atoms with van der Waals surface area (Å²) in [4.78, 5) is 16.7. The van der Waals surface area contributed by atoms with Crippen LogP contribution in [0.25, 0.3) is 22.5 Å². The molecule has 0 aliphatic rings. The van der Waals surface area contributed by atoms with E-state index < -0.39 is 0 Å². The first-order chi connectivity index (χ1) is 13.7. The van der Waals surface area contributed by atoms with E-state index in [-0.39, 0.29) is 12.5 Å². The van der Waals surface area contributed by atoms with Gasteiger partial charge in [0.25, 0.3) is 5.91 Å². The summed E-state index contributed by atoms with van der Waals surface area (Å²) in [5.41, 5.74) is 3.40. The van der Waals surface area contributed by atoms with Crippen molar-refractivity contribution in [3.63, 3.8) is 0 Å². The number of nitrogens with one attached hydrogen (secondary N) is 1. The molecule has 0 saturated heterocycles. The highest BCUT2D eigenvalue weighted by Crippen LogP contribution is 2.25. The Balaban J connectivity index is 1.40. The van der Waals surface area contributed by atoms with Crippen molar-refractivity contribution >= 4 is 17.5 Å². The largest absolute Gasteiger partial charge is 0.343 e. The van der Waals surface area contributed by atoms with Gasteiger partial charge in [-0.05, 0) is 35.4 Å². The third kappa shape index (κ3) is 3.94. The minimum atomic E-state index is -0.211. The third-order valence-electron chi connectivity index (χ3n) is 4.24. The Morgan fingerprint density at radius 2 is 1.57 bits per heavy atom. The van der Waals surface area contributed by atoms with Crippen molar-refractivity contribution in [2.75, 3.05) is 0 Å². The summed E-state index contributed by atoms with van der Waals surface area (Å²) < 4.78 is 5.20. The summed E-state index contributed by atoms with van der Waals surface area (Å²) in [7, 11) is 0. The van der Waals surface area contributed by atoms with Gasteiger partial charge < -0.3 is 9.84 Å². The molecule has 0 atom stereocenters. The Morgan fingerprint density at radius 1 is 0.893 bits per heavy atom. The van der Waals surface area contributed by atoms with Gasteiger partial charge in [0.15, 0.2) is 0 Å². The first-order valence-electron chi connectivity index (χ1n) is 8.72. The van der Waals surface area contributed by atoms with E-state index in [0.29, 0.717) is 27.9 Å². The van der Waals surface area contributed by atoms with Crippen molar-refractivity contribution in [2.24, 2.45) is 0 Å². The normalized spacial score (nSPS) is 10.6. The summed E-state index contributed by atoms with van der Waals surface area (Å²) in [5, 5.41) is 7.25. The number of aromatic nitrogens is 2. The van der Waals surface area contributed by atoms with Crippen LogP contribution in [0.1, 0.15) is 16.2 Å². The molecule has 1 N–H and O–H groups in total. The van der Waals surface area contributed by atoms with Gasteiger partial charge in [0.1, 0.15) is 0 Å². The van der Waals surface area contributed by atoms with Gasteiger partial charge in [-0.3, -0.25) is 4.79 Å². The molecule has 0 unspecified atom stereocenters. The van der Waals surface area contributed by atoms with E-state index in [1.807, 2.05) is 60.7 Å². The Morgan fingerprint density at radius 3 is 2.32 bits per heavy atom. The van der Waals surface area contributed by atoms with Crippen molar-refractivity contribution in [1.29, 1.82) is 0 Å². The van der Waals surface area contributed by atoms with Crippen LogP contribution in [-0.2, 0) is 6.54 Å². The highest BCUT2D eigenvalue weighted by atomic mass is 35.5. The number of carbonyl (C=O) groups excluding carboxylic acids is 1. The Bertz CT molecular complexity index is 1090. The maximum Gasteiger partial charge on any atom is 0.251 e. The molecular weight excluding hydrogens is 374 g/mol. The van der Waals surface area contributed by atoms with E-state index in [0.717, 1.165) is 11.1 Å². The summed E-state index contributed by atoms with van der Waals surface area (Å²) >= 11 is 6.14. The molecule has 0 aliphatic carbocycles. The van der Waals surface area contributed by atoms with E-state index in [1.165, 1.54) is 0 Å². The zero-order valence-corrected chi connectivity index (χ0v) is 15.6. The molecule has 0 radical (unpaired) electrons. The van der Waals surface area contributed by atoms with Crippen LogP contribution in [0.4, 0.5) is 0 Å². The number of amides is 1. The lowest BCUT2D eigenvalue weighted by Crippen LogP contribution is -2.22. The van der Waals surface area contributed by atoms with E-state index >= 15 is 0 Å². The number of carbonyl (C=O) groups is 1. The van der Waals surface area contributed by atoms with Crippen LogP contribution in [0.2, 0.25) is 5.02 Å². The lowest BCUT2D eigenvalue weighted by Gasteiger charge is -2.05. The van der Waals surface area contributed by atoms with Crippen LogP contribution in [-0.4, -0.2) is 16.0 Å². The second-order valence-corrected chi connectivity index (χ2v) is 6.52. The Kier molecular flexibility index (Phi) is 5.17. The molecule has 1 aromatic heterocycles. The zero-order valence-electron chi connectivity index (χ0n) is 14.8. The second kappa shape index (κ2) is 8.06. The maximum absolute atomic E-state index is 12.4. The minimum Gasteiger partial charge on any atom is -0.343 e. The molecule has 3 aromatic carbocycles. The van der Waals surface area contributed by atoms with Crippen molar-refractivity contribution in [2.45, 2.75) is 6.54 Å². The molecule has 4 aromatic rings. The summed E-state index contributed by atoms with van der Waals surface area (Å²) in [6.45, 7) is 0.136. The van der Waals surface area contributed by atoms with Gasteiger partial charge in [-0.15, -0.1) is 0 Å². The van der Waals surface area contributed by atoms with Gasteiger partial charge in [-0.2, -0.15) is 4.98 Å². The number of benzene rings is 3. The lowest BCUT2D eigenvalue weighted by atomic mass is 10.0. The van der Waals surface area contributed by atoms with Crippen LogP contribution < -0.4 is 5.32 Å². The fourth-order valence-corrected chi connectivity index (χ4v) is 3.00. The fourth-order valence-electron chi connectivity index (χ4n) is 2.78. The molecule has 1 amide bonds. The van der Waals surface area contributed by atoms with E-state index in [9.17, 15) is 4.79 Å². The summed E-state index contributed by atoms with van der Waals surface area (Å²) in [6.07, 6.45) is 0. The highest BCUT2D eigenvalue weighted by molar-refractivity contribution is 6.33. The summed E-state index contributed by atoms with van der Waals surface area (Å²) in [6, 6.07) is 24.7. The molecule has 138 valence electrons. The lowest BCUT2D eigenvalue weighted by molar-refractivity contribution is 0.0946. The molecule has 0 bridgehead atoms. The predicted octanol–water partition coefficient (Wildman–Crippen LogP) is 4.99. The van der Waals surface area contributed by atoms with Crippen molar-refractivity contribution < 1.29 is 9.32 Å². The molecule has 6 heteroatoms. The molecule has 0 saturated carbocycles. The smallest absolute Gasteiger partial charge is 0.251 e. The highest BCUT2D eigenvalue weighted by Gasteiger charge is 2.13. The van der Waals surface area contributed by atoms with E-state index in [4.69, 9.17) is 16.1 Å². The van der Waals surface area contributed by atoms with Gasteiger partial charge in [-0.1, -0.05) is 71.4 Å². The van der Waals surface area contributed by atoms with Gasteiger partial charge in [-0.25, -0.2) is 0 Å². The number of nitrogens with zero attached hydrogens (tertiary/aromatic N) is 2. The first-order valence-corrected chi connectivity index (χ1v) is 9.10. The quantitative estimate of drug-likeness (QED) is 0.522. The number of halogens is 1. The average Bonchev–Trinajstić information content (AvgIpc) is 3.22. The van der Waals surface area contributed by atoms with Crippen molar-refractivity contribution in [1.82, 2.24) is 15.5 Å². The molecule has 28 heavy (non-hydrogen) atoms. The van der Waals surface area contributed by atoms with E-state index in [1.54, 1.807) is 18.2 Å². The van der Waals surface area contributed by atoms with Gasteiger partial charge in [0, 0.05) is 11.1 Å². The maximum atomic E-state index is 12.4. The molecule has 1 heterocycles. The Hall–Kier alpha value is -3.44. The van der Waals surface area contributed by atoms with Gasteiger partial charge >= 0.3 is 0 Å². The fraction of sp³-hybridized carbons (Fsp3) is 0.0455. The molecular formula is C22H16ClN3O2. The number of hydrogen-bond acceptors (Lipinski definition) is 4. The molecule has 5 nitrogen and oxygen atoms in total. The van der Waals surface area contributed by atoms with Gasteiger partial charge in [0.05, 0.1) is 11.6 Å². The monoisotopic (exact) mass is 389 g/mol. The van der Waals surface area contributed by atoms with Crippen LogP contribution in [0, 0.1) is 0 Å². The summed E-state index contributed by atoms with van der Waals surface area (Å²) in [5.74, 6) is 0.489. The van der Waals surface area contributed by atoms with Crippen molar-refractivity contribution in [3.05, 3.63) is 95.3 Å². The minimum absolute atomic E-state index is 0.136. The van der Waals surface area contributed by atoms with Crippen LogP contribution >= 0.6 is 11.6 Å². The molecule has 0 aliphatic heterocycles. The zero-order chi connectivity index (χ0) is 19.3. The number of hydrogen-bond donors (Lipinski definition) is 1. The average molecular weight is 390 g/mol. The standard InChI is InChI=1S/C22H16ClN3O2/c23-19-9-5-4-8-18(19)21-25-20(28-26-21)14-24-22(27)17-12-10-16(11-13-17)15-6-2-1-3-7-15/h1-13H,14H2,(H,24,27). The predicted molar refractivity (Wildman–Crippen MR) is 108 cm³/mol. The van der Waals surface area contributed by atoms with Crippen LogP contribution in [0.5, 0.6) is 0 Å². The van der Waals surface area contributed by atoms with Crippen LogP contribution in [0.3, 0.4) is 0 Å². The molecule has 0 spiro atoms. The number of rotatable bonds is 5. The Labute approximate surface area is 167 Å².